The monoisotopic (exact) mass is 536 g/mol. The summed E-state index contributed by atoms with van der Waals surface area (Å²) in [5.74, 6) is -1.54. The molecule has 13 heteroatoms. The summed E-state index contributed by atoms with van der Waals surface area (Å²) < 4.78 is 1.62. The first kappa shape index (κ1) is 26.3. The van der Waals surface area contributed by atoms with E-state index in [1.165, 1.54) is 9.80 Å². The highest BCUT2D eigenvalue weighted by Crippen LogP contribution is 2.18. The van der Waals surface area contributed by atoms with E-state index >= 15 is 0 Å². The molecule has 3 atom stereocenters. The van der Waals surface area contributed by atoms with E-state index in [0.717, 1.165) is 5.56 Å². The molecule has 2 bridgehead atoms. The van der Waals surface area contributed by atoms with Gasteiger partial charge in [-0.1, -0.05) is 35.5 Å². The Bertz CT molecular complexity index is 1250. The number of fused-ring (bicyclic) bond motifs is 3. The minimum atomic E-state index is -0.984. The lowest BCUT2D eigenvalue weighted by molar-refractivity contribution is -0.151. The van der Waals surface area contributed by atoms with Crippen molar-refractivity contribution in [3.05, 3.63) is 47.8 Å². The van der Waals surface area contributed by atoms with Crippen molar-refractivity contribution in [2.24, 2.45) is 0 Å². The molecule has 0 saturated carbocycles. The molecule has 2 aromatic rings. The van der Waals surface area contributed by atoms with Crippen LogP contribution in [0.15, 0.2) is 36.5 Å². The molecule has 2 fully saturated rings. The molecule has 3 N–H and O–H groups in total. The number of benzene rings is 1. The maximum absolute atomic E-state index is 13.9. The van der Waals surface area contributed by atoms with E-state index < -0.39 is 24.0 Å². The standard InChI is InChI=1S/C26H32N8O5/c35-22-7-4-10-33-15-18(30-31-33)14-27-24(37)21-16-32(25(38)19-8-9-23(36)28-19)11-12-34(21)26(39)20(29-22)13-17-5-2-1-3-6-17/h1-3,5-6,15,19-21H,4,7-14,16H2,(H,27,37)(H,28,36)(H,29,35)/t19-,20-,21+/m0/s1. The van der Waals surface area contributed by atoms with Crippen molar-refractivity contribution in [2.45, 2.75) is 63.3 Å². The molecule has 13 nitrogen and oxygen atoms in total. The largest absolute Gasteiger partial charge is 0.348 e. The van der Waals surface area contributed by atoms with Gasteiger partial charge in [-0.25, -0.2) is 0 Å². The van der Waals surface area contributed by atoms with Crippen molar-refractivity contribution >= 4 is 29.5 Å². The van der Waals surface area contributed by atoms with Crippen LogP contribution in [-0.4, -0.2) is 92.1 Å². The predicted molar refractivity (Wildman–Crippen MR) is 136 cm³/mol. The second kappa shape index (κ2) is 11.6. The van der Waals surface area contributed by atoms with E-state index in [9.17, 15) is 24.0 Å². The smallest absolute Gasteiger partial charge is 0.246 e. The molecule has 0 unspecified atom stereocenters. The first-order valence-electron chi connectivity index (χ1n) is 13.3. The molecular formula is C26H32N8O5. The number of aromatic nitrogens is 3. The van der Waals surface area contributed by atoms with Gasteiger partial charge in [0.1, 0.15) is 23.8 Å². The Hall–Kier alpha value is -4.29. The Morgan fingerprint density at radius 1 is 0.974 bits per heavy atom. The third kappa shape index (κ3) is 6.24. The summed E-state index contributed by atoms with van der Waals surface area (Å²) in [7, 11) is 0. The van der Waals surface area contributed by atoms with Crippen molar-refractivity contribution in [2.75, 3.05) is 19.6 Å². The van der Waals surface area contributed by atoms with Gasteiger partial charge in [0.2, 0.25) is 29.5 Å². The molecule has 5 rings (SSSR count). The van der Waals surface area contributed by atoms with Crippen molar-refractivity contribution in [3.8, 4) is 0 Å². The summed E-state index contributed by atoms with van der Waals surface area (Å²) in [6.07, 6.45) is 3.35. The average molecular weight is 537 g/mol. The zero-order chi connectivity index (χ0) is 27.4. The number of amides is 5. The Morgan fingerprint density at radius 3 is 2.54 bits per heavy atom. The van der Waals surface area contributed by atoms with E-state index in [4.69, 9.17) is 0 Å². The number of piperazine rings is 1. The third-order valence-corrected chi connectivity index (χ3v) is 7.31. The highest BCUT2D eigenvalue weighted by atomic mass is 16.2. The summed E-state index contributed by atoms with van der Waals surface area (Å²) in [5, 5.41) is 16.5. The van der Waals surface area contributed by atoms with E-state index in [0.29, 0.717) is 25.1 Å². The molecular weight excluding hydrogens is 504 g/mol. The molecule has 3 aliphatic rings. The number of rotatable bonds is 3. The molecule has 1 aromatic heterocycles. The van der Waals surface area contributed by atoms with Gasteiger partial charge >= 0.3 is 0 Å². The molecule has 3 aliphatic heterocycles. The van der Waals surface area contributed by atoms with Crippen LogP contribution in [0.3, 0.4) is 0 Å². The van der Waals surface area contributed by atoms with Crippen LogP contribution in [0.25, 0.3) is 0 Å². The Balaban J connectivity index is 1.41. The van der Waals surface area contributed by atoms with Gasteiger partial charge in [0.15, 0.2) is 0 Å². The van der Waals surface area contributed by atoms with Gasteiger partial charge < -0.3 is 25.8 Å². The topological polar surface area (TPSA) is 159 Å². The van der Waals surface area contributed by atoms with E-state index in [2.05, 4.69) is 26.3 Å². The fourth-order valence-corrected chi connectivity index (χ4v) is 5.23. The number of nitrogens with zero attached hydrogens (tertiary/aromatic N) is 5. The number of carbonyl (C=O) groups excluding carboxylic acids is 5. The minimum Gasteiger partial charge on any atom is -0.348 e. The first-order chi connectivity index (χ1) is 18.9. The molecule has 0 aliphatic carbocycles. The molecule has 0 spiro atoms. The van der Waals surface area contributed by atoms with Crippen LogP contribution < -0.4 is 16.0 Å². The van der Waals surface area contributed by atoms with Crippen molar-refractivity contribution < 1.29 is 24.0 Å². The molecule has 4 heterocycles. The fraction of sp³-hybridized carbons (Fsp3) is 0.500. The minimum absolute atomic E-state index is 0.0263. The number of hydrogen-bond donors (Lipinski definition) is 3. The van der Waals surface area contributed by atoms with Gasteiger partial charge in [-0.15, -0.1) is 5.10 Å². The van der Waals surface area contributed by atoms with Crippen LogP contribution in [0, 0.1) is 0 Å². The molecule has 206 valence electrons. The van der Waals surface area contributed by atoms with Gasteiger partial charge in [-0.05, 0) is 18.4 Å². The average Bonchev–Trinajstić information content (AvgIpc) is 3.59. The Morgan fingerprint density at radius 2 is 1.77 bits per heavy atom. The molecule has 0 radical (unpaired) electrons. The van der Waals surface area contributed by atoms with Crippen molar-refractivity contribution in [3.63, 3.8) is 0 Å². The highest BCUT2D eigenvalue weighted by Gasteiger charge is 2.41. The summed E-state index contributed by atoms with van der Waals surface area (Å²) in [6.45, 7) is 0.868. The van der Waals surface area contributed by atoms with Gasteiger partial charge in [0.25, 0.3) is 0 Å². The number of aryl methyl sites for hydroxylation is 1. The fourth-order valence-electron chi connectivity index (χ4n) is 5.23. The summed E-state index contributed by atoms with van der Waals surface area (Å²) in [5.41, 5.74) is 1.41. The molecule has 39 heavy (non-hydrogen) atoms. The second-order valence-corrected chi connectivity index (χ2v) is 10.1. The van der Waals surface area contributed by atoms with Gasteiger partial charge in [-0.2, -0.15) is 0 Å². The predicted octanol–water partition coefficient (Wildman–Crippen LogP) is -1.27. The number of carbonyl (C=O) groups is 5. The van der Waals surface area contributed by atoms with Crippen molar-refractivity contribution in [1.82, 2.24) is 40.7 Å². The zero-order valence-electron chi connectivity index (χ0n) is 21.5. The zero-order valence-corrected chi connectivity index (χ0v) is 21.5. The van der Waals surface area contributed by atoms with E-state index in [1.807, 2.05) is 30.3 Å². The molecule has 1 aromatic carbocycles. The van der Waals surface area contributed by atoms with Gasteiger partial charge in [-0.3, -0.25) is 28.7 Å². The maximum atomic E-state index is 13.9. The van der Waals surface area contributed by atoms with E-state index in [1.54, 1.807) is 10.9 Å². The summed E-state index contributed by atoms with van der Waals surface area (Å²) >= 11 is 0. The van der Waals surface area contributed by atoms with Gasteiger partial charge in [0, 0.05) is 38.9 Å². The Kier molecular flexibility index (Phi) is 7.84. The quantitative estimate of drug-likeness (QED) is 0.441. The maximum Gasteiger partial charge on any atom is 0.246 e. The molecule has 2 saturated heterocycles. The van der Waals surface area contributed by atoms with Crippen LogP contribution in [-0.2, 0) is 43.5 Å². The summed E-state index contributed by atoms with van der Waals surface area (Å²) in [4.78, 5) is 68.1. The van der Waals surface area contributed by atoms with Crippen LogP contribution >= 0.6 is 0 Å². The summed E-state index contributed by atoms with van der Waals surface area (Å²) in [6, 6.07) is 6.87. The number of hydrogen-bond acceptors (Lipinski definition) is 7. The van der Waals surface area contributed by atoms with E-state index in [-0.39, 0.29) is 69.1 Å². The lowest BCUT2D eigenvalue weighted by Gasteiger charge is -2.42. The third-order valence-electron chi connectivity index (χ3n) is 7.31. The van der Waals surface area contributed by atoms with Crippen LogP contribution in [0.2, 0.25) is 0 Å². The highest BCUT2D eigenvalue weighted by molar-refractivity contribution is 5.94. The van der Waals surface area contributed by atoms with Crippen LogP contribution in [0.5, 0.6) is 0 Å². The van der Waals surface area contributed by atoms with Crippen LogP contribution in [0.4, 0.5) is 0 Å². The lowest BCUT2D eigenvalue weighted by atomic mass is 10.0. The van der Waals surface area contributed by atoms with Gasteiger partial charge in [0.05, 0.1) is 19.3 Å². The first-order valence-corrected chi connectivity index (χ1v) is 13.3. The van der Waals surface area contributed by atoms with Crippen molar-refractivity contribution in [1.29, 1.82) is 0 Å². The lowest BCUT2D eigenvalue weighted by Crippen LogP contribution is -2.65. The number of nitrogens with one attached hydrogen (secondary N) is 3. The normalized spacial score (nSPS) is 24.7. The van der Waals surface area contributed by atoms with Crippen LogP contribution in [0.1, 0.15) is 36.9 Å². The Labute approximate surface area is 225 Å². The SMILES string of the molecule is O=C1CC[C@@H](C(=O)N2CCN3C(=O)[C@H](Cc4ccccc4)NC(=O)CCCn4cc(nn4)CNC(=O)[C@H]3C2)N1. The second-order valence-electron chi connectivity index (χ2n) is 10.1. The molecule has 5 amide bonds.